The molecule has 0 bridgehead atoms. The van der Waals surface area contributed by atoms with Crippen molar-refractivity contribution in [3.63, 3.8) is 0 Å². The number of carbonyl (C=O) groups is 1. The van der Waals surface area contributed by atoms with Crippen LogP contribution in [0.2, 0.25) is 0 Å². The highest BCUT2D eigenvalue weighted by Gasteiger charge is 2.27. The van der Waals surface area contributed by atoms with Crippen molar-refractivity contribution < 1.29 is 13.2 Å². The van der Waals surface area contributed by atoms with E-state index in [0.29, 0.717) is 6.54 Å². The highest BCUT2D eigenvalue weighted by atomic mass is 35.5. The lowest BCUT2D eigenvalue weighted by atomic mass is 10.0. The van der Waals surface area contributed by atoms with Gasteiger partial charge in [0.05, 0.1) is 11.7 Å². The van der Waals surface area contributed by atoms with Gasteiger partial charge >= 0.3 is 0 Å². The lowest BCUT2D eigenvalue weighted by Gasteiger charge is -2.31. The fourth-order valence-electron chi connectivity index (χ4n) is 1.70. The molecule has 0 aliphatic rings. The molecule has 0 aliphatic carbocycles. The summed E-state index contributed by atoms with van der Waals surface area (Å²) in [5.41, 5.74) is 5.69. The second-order valence-electron chi connectivity index (χ2n) is 4.71. The van der Waals surface area contributed by atoms with Gasteiger partial charge in [-0.25, -0.2) is 8.42 Å². The van der Waals surface area contributed by atoms with E-state index in [1.54, 1.807) is 25.7 Å². The van der Waals surface area contributed by atoms with Crippen LogP contribution in [0.25, 0.3) is 0 Å². The number of carbonyl (C=O) groups excluding carboxylic acids is 1. The molecule has 0 aromatic carbocycles. The Morgan fingerprint density at radius 3 is 2.00 bits per heavy atom. The van der Waals surface area contributed by atoms with Gasteiger partial charge in [-0.2, -0.15) is 0 Å². The number of halogens is 1. The topological polar surface area (TPSA) is 80.5 Å². The van der Waals surface area contributed by atoms with Gasteiger partial charge in [0.25, 0.3) is 0 Å². The average molecular weight is 301 g/mol. The molecule has 18 heavy (non-hydrogen) atoms. The molecule has 1 amide bonds. The smallest absolute Gasteiger partial charge is 0.227 e. The summed E-state index contributed by atoms with van der Waals surface area (Å²) in [5.74, 6) is -0.395. The Labute approximate surface area is 116 Å². The van der Waals surface area contributed by atoms with Gasteiger partial charge in [-0.05, 0) is 20.8 Å². The molecular weight excluding hydrogens is 276 g/mol. The third kappa shape index (κ3) is 6.56. The van der Waals surface area contributed by atoms with E-state index < -0.39 is 9.84 Å². The van der Waals surface area contributed by atoms with Crippen molar-refractivity contribution in [2.24, 2.45) is 11.7 Å². The molecule has 0 rings (SSSR count). The van der Waals surface area contributed by atoms with Gasteiger partial charge in [0, 0.05) is 24.9 Å². The predicted octanol–water partition coefficient (Wildman–Crippen LogP) is 0.673. The Hall–Kier alpha value is -0.330. The van der Waals surface area contributed by atoms with Crippen LogP contribution in [0, 0.1) is 5.92 Å². The molecule has 0 fully saturated rings. The first-order valence-electron chi connectivity index (χ1n) is 5.84. The zero-order chi connectivity index (χ0) is 13.8. The minimum absolute atomic E-state index is 0. The van der Waals surface area contributed by atoms with Gasteiger partial charge in [0.1, 0.15) is 9.84 Å². The van der Waals surface area contributed by atoms with Gasteiger partial charge in [0.15, 0.2) is 0 Å². The van der Waals surface area contributed by atoms with E-state index in [1.807, 2.05) is 6.92 Å². The Morgan fingerprint density at radius 1 is 1.28 bits per heavy atom. The Kier molecular flexibility index (Phi) is 8.85. The molecule has 3 atom stereocenters. The van der Waals surface area contributed by atoms with Crippen molar-refractivity contribution in [3.05, 3.63) is 0 Å². The summed E-state index contributed by atoms with van der Waals surface area (Å²) in [7, 11) is -3.08. The minimum atomic E-state index is -3.08. The van der Waals surface area contributed by atoms with Gasteiger partial charge in [-0.15, -0.1) is 12.4 Å². The molecule has 110 valence electrons. The van der Waals surface area contributed by atoms with E-state index in [4.69, 9.17) is 5.73 Å². The Balaban J connectivity index is 0. The fraction of sp³-hybridized carbons (Fsp3) is 0.909. The van der Waals surface area contributed by atoms with E-state index in [2.05, 4.69) is 0 Å². The highest BCUT2D eigenvalue weighted by molar-refractivity contribution is 7.90. The quantitative estimate of drug-likeness (QED) is 0.782. The van der Waals surface area contributed by atoms with Crippen molar-refractivity contribution >= 4 is 28.2 Å². The summed E-state index contributed by atoms with van der Waals surface area (Å²) in [5, 5.41) is 0. The molecule has 0 heterocycles. The molecule has 0 aromatic rings. The maximum absolute atomic E-state index is 12.1. The number of hydrogen-bond donors (Lipinski definition) is 1. The van der Waals surface area contributed by atoms with Crippen LogP contribution >= 0.6 is 12.4 Å². The van der Waals surface area contributed by atoms with Crippen LogP contribution in [0.15, 0.2) is 0 Å². The van der Waals surface area contributed by atoms with Crippen LogP contribution in [0.3, 0.4) is 0 Å². The summed E-state index contributed by atoms with van der Waals surface area (Å²) in [6, 6.07) is -0.550. The lowest BCUT2D eigenvalue weighted by molar-refractivity contribution is -0.136. The number of amides is 1. The molecule has 7 heteroatoms. The first kappa shape index (κ1) is 20.0. The summed E-state index contributed by atoms with van der Waals surface area (Å²) >= 11 is 0. The van der Waals surface area contributed by atoms with Crippen molar-refractivity contribution in [1.29, 1.82) is 0 Å². The van der Waals surface area contributed by atoms with E-state index in [0.717, 1.165) is 0 Å². The molecule has 5 nitrogen and oxygen atoms in total. The Bertz CT molecular complexity index is 357. The predicted molar refractivity (Wildman–Crippen MR) is 76.6 cm³/mol. The SMILES string of the molecule is CCN(C(=O)C(C)C(C)N)C(C)CS(C)(=O)=O.Cl. The van der Waals surface area contributed by atoms with Crippen LogP contribution in [0.1, 0.15) is 27.7 Å². The summed E-state index contributed by atoms with van der Waals surface area (Å²) in [6.45, 7) is 7.62. The number of rotatable bonds is 6. The zero-order valence-electron chi connectivity index (χ0n) is 11.7. The van der Waals surface area contributed by atoms with E-state index in [-0.39, 0.29) is 42.1 Å². The molecule has 3 unspecified atom stereocenters. The molecule has 0 spiro atoms. The minimum Gasteiger partial charge on any atom is -0.339 e. The second kappa shape index (κ2) is 7.96. The van der Waals surface area contributed by atoms with Crippen LogP contribution in [-0.2, 0) is 14.6 Å². The number of nitrogens with two attached hydrogens (primary N) is 1. The van der Waals surface area contributed by atoms with Crippen molar-refractivity contribution in [2.75, 3.05) is 18.6 Å². The largest absolute Gasteiger partial charge is 0.339 e. The molecular formula is C11H25ClN2O3S. The first-order valence-corrected chi connectivity index (χ1v) is 7.90. The fourth-order valence-corrected chi connectivity index (χ4v) is 2.76. The van der Waals surface area contributed by atoms with Crippen LogP contribution in [-0.4, -0.2) is 49.9 Å². The van der Waals surface area contributed by atoms with E-state index in [1.165, 1.54) is 6.26 Å². The normalized spacial score (nSPS) is 16.3. The monoisotopic (exact) mass is 300 g/mol. The maximum atomic E-state index is 12.1. The van der Waals surface area contributed by atoms with Gasteiger partial charge in [-0.3, -0.25) is 4.79 Å². The zero-order valence-corrected chi connectivity index (χ0v) is 13.3. The van der Waals surface area contributed by atoms with Crippen molar-refractivity contribution in [1.82, 2.24) is 4.90 Å². The summed E-state index contributed by atoms with van der Waals surface area (Å²) in [4.78, 5) is 13.7. The summed E-state index contributed by atoms with van der Waals surface area (Å²) < 4.78 is 22.5. The molecule has 0 radical (unpaired) electrons. The molecule has 0 saturated heterocycles. The van der Waals surface area contributed by atoms with Crippen LogP contribution in [0.5, 0.6) is 0 Å². The van der Waals surface area contributed by atoms with Gasteiger partial charge in [-0.1, -0.05) is 6.92 Å². The second-order valence-corrected chi connectivity index (χ2v) is 6.90. The van der Waals surface area contributed by atoms with Gasteiger partial charge in [0.2, 0.25) is 5.91 Å². The molecule has 0 saturated carbocycles. The van der Waals surface area contributed by atoms with E-state index in [9.17, 15) is 13.2 Å². The standard InChI is InChI=1S/C11H24N2O3S.ClH/c1-6-13(8(2)7-17(5,15)16)11(14)9(3)10(4)12;/h8-10H,6-7,12H2,1-5H3;1H. The number of nitrogens with zero attached hydrogens (tertiary/aromatic N) is 1. The van der Waals surface area contributed by atoms with Gasteiger partial charge < -0.3 is 10.6 Å². The van der Waals surface area contributed by atoms with Crippen LogP contribution < -0.4 is 5.73 Å². The average Bonchev–Trinajstić information content (AvgIpc) is 2.14. The first-order chi connectivity index (χ1) is 7.60. The third-order valence-electron chi connectivity index (χ3n) is 2.88. The third-order valence-corrected chi connectivity index (χ3v) is 3.97. The number of sulfone groups is 1. The highest BCUT2D eigenvalue weighted by Crippen LogP contribution is 2.10. The number of hydrogen-bond acceptors (Lipinski definition) is 4. The van der Waals surface area contributed by atoms with Crippen molar-refractivity contribution in [2.45, 2.75) is 39.8 Å². The van der Waals surface area contributed by atoms with E-state index >= 15 is 0 Å². The maximum Gasteiger partial charge on any atom is 0.227 e. The molecule has 0 aromatic heterocycles. The summed E-state index contributed by atoms with van der Waals surface area (Å²) in [6.07, 6.45) is 1.18. The molecule has 0 aliphatic heterocycles. The van der Waals surface area contributed by atoms with Crippen LogP contribution in [0.4, 0.5) is 0 Å². The molecule has 2 N–H and O–H groups in total. The lowest BCUT2D eigenvalue weighted by Crippen LogP contribution is -2.47. The Morgan fingerprint density at radius 2 is 1.72 bits per heavy atom. The van der Waals surface area contributed by atoms with Crippen molar-refractivity contribution in [3.8, 4) is 0 Å².